The molecule has 3 nitrogen and oxygen atoms in total. The van der Waals surface area contributed by atoms with Crippen LogP contribution in [0.1, 0.15) is 60.3 Å². The highest BCUT2D eigenvalue weighted by molar-refractivity contribution is 6.67. The van der Waals surface area contributed by atoms with Crippen LogP contribution in [0.2, 0.25) is 12.1 Å². The Balaban J connectivity index is 4.91. The van der Waals surface area contributed by atoms with Gasteiger partial charge >= 0.3 is 8.56 Å². The smallest absolute Gasteiger partial charge is 0.340 e. The van der Waals surface area contributed by atoms with E-state index in [9.17, 15) is 0 Å². The van der Waals surface area contributed by atoms with Gasteiger partial charge in [0.05, 0.1) is 0 Å². The van der Waals surface area contributed by atoms with Crippen LogP contribution in [0.25, 0.3) is 0 Å². The summed E-state index contributed by atoms with van der Waals surface area (Å²) >= 11 is 0. The maximum absolute atomic E-state index is 6.43. The van der Waals surface area contributed by atoms with Crippen LogP contribution in [0, 0.1) is 0 Å². The van der Waals surface area contributed by atoms with Gasteiger partial charge in [-0.05, 0) is 32.4 Å². The molecule has 0 aromatic heterocycles. The zero-order valence-corrected chi connectivity index (χ0v) is 14.2. The van der Waals surface area contributed by atoms with Gasteiger partial charge in [0.2, 0.25) is 0 Å². The third-order valence-corrected chi connectivity index (χ3v) is 7.35. The molecule has 0 aliphatic carbocycles. The molecule has 0 aliphatic rings. The molecule has 0 spiro atoms. The first-order valence-electron chi connectivity index (χ1n) is 7.40. The van der Waals surface area contributed by atoms with Gasteiger partial charge in [-0.15, -0.1) is 0 Å². The van der Waals surface area contributed by atoms with E-state index in [-0.39, 0.29) is 0 Å². The molecule has 0 saturated heterocycles. The second-order valence-corrected chi connectivity index (χ2v) is 8.35. The third kappa shape index (κ3) is 5.82. The van der Waals surface area contributed by atoms with Gasteiger partial charge in [0, 0.05) is 13.7 Å². The summed E-state index contributed by atoms with van der Waals surface area (Å²) in [5.74, 6) is -0.486. The average molecular weight is 276 g/mol. The first kappa shape index (κ1) is 18.1. The van der Waals surface area contributed by atoms with Gasteiger partial charge in [0.25, 0.3) is 0 Å². The van der Waals surface area contributed by atoms with Crippen LogP contribution in [0.3, 0.4) is 0 Å². The molecule has 0 rings (SSSR count). The zero-order chi connectivity index (χ0) is 14.1. The quantitative estimate of drug-likeness (QED) is 0.412. The number of methoxy groups -OCH3 is 1. The van der Waals surface area contributed by atoms with Crippen molar-refractivity contribution >= 4 is 8.56 Å². The van der Waals surface area contributed by atoms with Crippen LogP contribution in [0.4, 0.5) is 0 Å². The van der Waals surface area contributed by atoms with Gasteiger partial charge < -0.3 is 13.6 Å². The standard InChI is InChI=1S/C14H32O3Si/c1-7-11-14(5,15-6)17-18(12-8-2,13-9-3)16-10-4/h7-13H2,1-6H3. The van der Waals surface area contributed by atoms with Crippen LogP contribution in [0.5, 0.6) is 0 Å². The van der Waals surface area contributed by atoms with Crippen molar-refractivity contribution in [3.05, 3.63) is 0 Å². The van der Waals surface area contributed by atoms with Crippen molar-refractivity contribution in [2.75, 3.05) is 13.7 Å². The Labute approximate surface area is 114 Å². The Bertz CT molecular complexity index is 194. The molecule has 0 amide bonds. The number of ether oxygens (including phenoxy) is 1. The summed E-state index contributed by atoms with van der Waals surface area (Å²) in [6.45, 7) is 11.4. The Morgan fingerprint density at radius 1 is 0.944 bits per heavy atom. The fourth-order valence-corrected chi connectivity index (χ4v) is 6.29. The summed E-state index contributed by atoms with van der Waals surface area (Å²) in [5, 5.41) is 0. The molecule has 0 fully saturated rings. The molecule has 0 aromatic carbocycles. The normalized spacial score (nSPS) is 15.7. The largest absolute Gasteiger partial charge is 0.394 e. The van der Waals surface area contributed by atoms with E-state index in [2.05, 4.69) is 27.7 Å². The van der Waals surface area contributed by atoms with Crippen molar-refractivity contribution in [3.8, 4) is 0 Å². The predicted octanol–water partition coefficient (Wildman–Crippen LogP) is 4.46. The number of hydrogen-bond donors (Lipinski definition) is 0. The molecular formula is C14H32O3Si. The molecule has 0 bridgehead atoms. The van der Waals surface area contributed by atoms with Gasteiger partial charge in [0.1, 0.15) is 0 Å². The molecule has 0 radical (unpaired) electrons. The topological polar surface area (TPSA) is 27.7 Å². The predicted molar refractivity (Wildman–Crippen MR) is 79.0 cm³/mol. The minimum absolute atomic E-state index is 0.486. The summed E-state index contributed by atoms with van der Waals surface area (Å²) in [6.07, 6.45) is 4.19. The molecule has 0 saturated carbocycles. The van der Waals surface area contributed by atoms with Crippen molar-refractivity contribution in [1.82, 2.24) is 0 Å². The highest BCUT2D eigenvalue weighted by Crippen LogP contribution is 2.31. The second kappa shape index (κ2) is 9.07. The molecule has 1 unspecified atom stereocenters. The van der Waals surface area contributed by atoms with Gasteiger partial charge in [-0.2, -0.15) is 0 Å². The lowest BCUT2D eigenvalue weighted by Gasteiger charge is -2.39. The Kier molecular flexibility index (Phi) is 9.12. The van der Waals surface area contributed by atoms with Crippen LogP contribution in [-0.4, -0.2) is 28.1 Å². The first-order chi connectivity index (χ1) is 8.51. The van der Waals surface area contributed by atoms with Gasteiger partial charge in [-0.3, -0.25) is 0 Å². The molecule has 0 heterocycles. The summed E-state index contributed by atoms with van der Waals surface area (Å²) in [4.78, 5) is 0. The lowest BCUT2D eigenvalue weighted by atomic mass is 10.2. The summed E-state index contributed by atoms with van der Waals surface area (Å²) in [7, 11) is -0.379. The monoisotopic (exact) mass is 276 g/mol. The van der Waals surface area contributed by atoms with E-state index in [1.165, 1.54) is 0 Å². The highest BCUT2D eigenvalue weighted by Gasteiger charge is 2.42. The summed E-state index contributed by atoms with van der Waals surface area (Å²) in [5.41, 5.74) is 0. The van der Waals surface area contributed by atoms with E-state index < -0.39 is 14.3 Å². The number of hydrogen-bond acceptors (Lipinski definition) is 3. The third-order valence-electron chi connectivity index (χ3n) is 3.21. The molecule has 110 valence electrons. The van der Waals surface area contributed by atoms with Gasteiger partial charge in [-0.25, -0.2) is 0 Å². The molecular weight excluding hydrogens is 244 g/mol. The van der Waals surface area contributed by atoms with Crippen molar-refractivity contribution in [2.45, 2.75) is 78.2 Å². The van der Waals surface area contributed by atoms with Crippen LogP contribution < -0.4 is 0 Å². The van der Waals surface area contributed by atoms with E-state index in [1.54, 1.807) is 7.11 Å². The second-order valence-electron chi connectivity index (χ2n) is 5.03. The van der Waals surface area contributed by atoms with Gasteiger partial charge in [-0.1, -0.05) is 40.0 Å². The molecule has 4 heteroatoms. The Hall–Kier alpha value is 0.0969. The Morgan fingerprint density at radius 2 is 1.50 bits per heavy atom. The Morgan fingerprint density at radius 3 is 1.83 bits per heavy atom. The zero-order valence-electron chi connectivity index (χ0n) is 13.2. The minimum atomic E-state index is -2.11. The minimum Gasteiger partial charge on any atom is -0.394 e. The van der Waals surface area contributed by atoms with E-state index in [0.29, 0.717) is 0 Å². The number of rotatable bonds is 11. The molecule has 1 atom stereocenters. The van der Waals surface area contributed by atoms with E-state index in [4.69, 9.17) is 13.6 Å². The van der Waals surface area contributed by atoms with E-state index >= 15 is 0 Å². The van der Waals surface area contributed by atoms with Crippen LogP contribution in [-0.2, 0) is 13.6 Å². The van der Waals surface area contributed by atoms with E-state index in [1.807, 2.05) is 6.92 Å². The summed E-state index contributed by atoms with van der Waals surface area (Å²) < 4.78 is 18.1. The van der Waals surface area contributed by atoms with Gasteiger partial charge in [0.15, 0.2) is 5.79 Å². The van der Waals surface area contributed by atoms with Crippen molar-refractivity contribution in [1.29, 1.82) is 0 Å². The van der Waals surface area contributed by atoms with Crippen LogP contribution >= 0.6 is 0 Å². The highest BCUT2D eigenvalue weighted by atomic mass is 28.4. The van der Waals surface area contributed by atoms with E-state index in [0.717, 1.165) is 44.4 Å². The van der Waals surface area contributed by atoms with Crippen LogP contribution in [0.15, 0.2) is 0 Å². The maximum Gasteiger partial charge on any atom is 0.340 e. The summed E-state index contributed by atoms with van der Waals surface area (Å²) in [6, 6.07) is 2.11. The average Bonchev–Trinajstić information content (AvgIpc) is 2.30. The van der Waals surface area contributed by atoms with Crippen molar-refractivity contribution in [3.63, 3.8) is 0 Å². The van der Waals surface area contributed by atoms with Crippen molar-refractivity contribution < 1.29 is 13.6 Å². The molecule has 0 aliphatic heterocycles. The lowest BCUT2D eigenvalue weighted by Crippen LogP contribution is -2.50. The first-order valence-corrected chi connectivity index (χ1v) is 9.63. The molecule has 18 heavy (non-hydrogen) atoms. The fraction of sp³-hybridized carbons (Fsp3) is 1.00. The SMILES string of the molecule is CCCC(C)(OC)O[Si](CCC)(CCC)OCC. The fourth-order valence-electron chi connectivity index (χ4n) is 2.47. The molecule has 0 aromatic rings. The molecule has 0 N–H and O–H groups in total. The lowest BCUT2D eigenvalue weighted by molar-refractivity contribution is -0.172. The maximum atomic E-state index is 6.43. The van der Waals surface area contributed by atoms with Crippen molar-refractivity contribution in [2.24, 2.45) is 0 Å².